The monoisotopic (exact) mass is 361 g/mol. The molecule has 1 aliphatic rings. The number of urea groups is 1. The molecule has 0 unspecified atom stereocenters. The van der Waals surface area contributed by atoms with Crippen LogP contribution in [0.25, 0.3) is 0 Å². The first-order chi connectivity index (χ1) is 12.1. The molecule has 0 spiro atoms. The number of nitrogens with zero attached hydrogens (tertiary/aromatic N) is 1. The average Bonchev–Trinajstić information content (AvgIpc) is 2.79. The van der Waals surface area contributed by atoms with Gasteiger partial charge in [-0.15, -0.1) is 0 Å². The molecule has 1 aromatic carbocycles. The van der Waals surface area contributed by atoms with E-state index in [1.807, 2.05) is 24.3 Å². The lowest BCUT2D eigenvalue weighted by atomic mass is 9.84. The summed E-state index contributed by atoms with van der Waals surface area (Å²) in [6, 6.07) is 7.04. The molecule has 1 saturated heterocycles. The Morgan fingerprint density at radius 1 is 1.23 bits per heavy atom. The maximum absolute atomic E-state index is 12.8. The maximum Gasteiger partial charge on any atom is 0.325 e. The van der Waals surface area contributed by atoms with E-state index in [1.165, 1.54) is 7.11 Å². The van der Waals surface area contributed by atoms with Gasteiger partial charge in [0.25, 0.3) is 5.91 Å². The number of hydrogen-bond acceptors (Lipinski definition) is 4. The SMILES string of the molecule is COCCNC(=O)CN1C(=O)N[C@](C)(c2ccc(C(C)(C)C)cc2)C1=O. The Hall–Kier alpha value is -2.41. The highest BCUT2D eigenvalue weighted by Crippen LogP contribution is 2.30. The smallest absolute Gasteiger partial charge is 0.325 e. The summed E-state index contributed by atoms with van der Waals surface area (Å²) in [7, 11) is 1.53. The Bertz CT molecular complexity index is 694. The van der Waals surface area contributed by atoms with Crippen molar-refractivity contribution in [3.63, 3.8) is 0 Å². The molecule has 142 valence electrons. The molecular formula is C19H27N3O4. The van der Waals surface area contributed by atoms with Crippen LogP contribution in [0.15, 0.2) is 24.3 Å². The van der Waals surface area contributed by atoms with Gasteiger partial charge in [0.15, 0.2) is 0 Å². The van der Waals surface area contributed by atoms with E-state index in [-0.39, 0.29) is 12.0 Å². The van der Waals surface area contributed by atoms with Gasteiger partial charge in [-0.05, 0) is 23.5 Å². The fourth-order valence-corrected chi connectivity index (χ4v) is 2.83. The molecule has 2 rings (SSSR count). The van der Waals surface area contributed by atoms with E-state index in [2.05, 4.69) is 31.4 Å². The van der Waals surface area contributed by atoms with Crippen LogP contribution in [-0.4, -0.2) is 49.6 Å². The summed E-state index contributed by atoms with van der Waals surface area (Å²) in [6.07, 6.45) is 0. The van der Waals surface area contributed by atoms with Crippen molar-refractivity contribution in [1.82, 2.24) is 15.5 Å². The Morgan fingerprint density at radius 2 is 1.85 bits per heavy atom. The lowest BCUT2D eigenvalue weighted by molar-refractivity contribution is -0.134. The third kappa shape index (κ3) is 4.04. The molecule has 1 heterocycles. The highest BCUT2D eigenvalue weighted by atomic mass is 16.5. The van der Waals surface area contributed by atoms with Crippen molar-refractivity contribution in [1.29, 1.82) is 0 Å². The standard InChI is InChI=1S/C19H27N3O4/c1-18(2,3)13-6-8-14(9-7-13)19(4)16(24)22(17(25)21-19)12-15(23)20-10-11-26-5/h6-9H,10-12H2,1-5H3,(H,20,23)(H,21,25)/t19-/m1/s1. The fraction of sp³-hybridized carbons (Fsp3) is 0.526. The minimum absolute atomic E-state index is 0.00526. The first kappa shape index (κ1) is 19.9. The second-order valence-corrected chi connectivity index (χ2v) is 7.62. The zero-order valence-electron chi connectivity index (χ0n) is 16.0. The van der Waals surface area contributed by atoms with Gasteiger partial charge in [0.05, 0.1) is 6.61 Å². The first-order valence-electron chi connectivity index (χ1n) is 8.60. The van der Waals surface area contributed by atoms with Gasteiger partial charge >= 0.3 is 6.03 Å². The Balaban J connectivity index is 2.14. The molecule has 0 radical (unpaired) electrons. The molecule has 2 N–H and O–H groups in total. The largest absolute Gasteiger partial charge is 0.383 e. The van der Waals surface area contributed by atoms with Crippen LogP contribution in [0.5, 0.6) is 0 Å². The number of imide groups is 1. The van der Waals surface area contributed by atoms with Crippen molar-refractivity contribution in [3.05, 3.63) is 35.4 Å². The third-order valence-corrected chi connectivity index (χ3v) is 4.53. The molecule has 1 atom stereocenters. The van der Waals surface area contributed by atoms with Gasteiger partial charge in [0, 0.05) is 13.7 Å². The number of amides is 4. The van der Waals surface area contributed by atoms with Gasteiger partial charge in [-0.2, -0.15) is 0 Å². The van der Waals surface area contributed by atoms with Gasteiger partial charge in [0.1, 0.15) is 12.1 Å². The number of nitrogens with one attached hydrogen (secondary N) is 2. The quantitative estimate of drug-likeness (QED) is 0.594. The number of hydrogen-bond donors (Lipinski definition) is 2. The van der Waals surface area contributed by atoms with Crippen molar-refractivity contribution in [3.8, 4) is 0 Å². The average molecular weight is 361 g/mol. The lowest BCUT2D eigenvalue weighted by Gasteiger charge is -2.24. The topological polar surface area (TPSA) is 87.7 Å². The number of benzene rings is 1. The van der Waals surface area contributed by atoms with Crippen LogP contribution in [0.3, 0.4) is 0 Å². The van der Waals surface area contributed by atoms with Gasteiger partial charge in [-0.3, -0.25) is 14.5 Å². The van der Waals surface area contributed by atoms with Gasteiger partial charge in [-0.1, -0.05) is 45.0 Å². The Morgan fingerprint density at radius 3 is 2.38 bits per heavy atom. The third-order valence-electron chi connectivity index (χ3n) is 4.53. The normalized spacial score (nSPS) is 20.3. The second-order valence-electron chi connectivity index (χ2n) is 7.62. The summed E-state index contributed by atoms with van der Waals surface area (Å²) < 4.78 is 4.85. The zero-order valence-corrected chi connectivity index (χ0v) is 16.0. The van der Waals surface area contributed by atoms with E-state index in [4.69, 9.17) is 4.74 Å². The highest BCUT2D eigenvalue weighted by molar-refractivity contribution is 6.09. The maximum atomic E-state index is 12.8. The van der Waals surface area contributed by atoms with Crippen LogP contribution in [0.1, 0.15) is 38.8 Å². The van der Waals surface area contributed by atoms with E-state index in [1.54, 1.807) is 6.92 Å². The van der Waals surface area contributed by atoms with Crippen LogP contribution < -0.4 is 10.6 Å². The van der Waals surface area contributed by atoms with E-state index in [0.29, 0.717) is 18.7 Å². The second kappa shape index (κ2) is 7.45. The summed E-state index contributed by atoms with van der Waals surface area (Å²) >= 11 is 0. The van der Waals surface area contributed by atoms with Crippen molar-refractivity contribution < 1.29 is 19.1 Å². The Labute approximate surface area is 154 Å². The predicted octanol–water partition coefficient (Wildman–Crippen LogP) is 1.51. The Kier molecular flexibility index (Phi) is 5.71. The highest BCUT2D eigenvalue weighted by Gasteiger charge is 2.49. The van der Waals surface area contributed by atoms with Crippen molar-refractivity contribution in [2.75, 3.05) is 26.8 Å². The van der Waals surface area contributed by atoms with Crippen LogP contribution >= 0.6 is 0 Å². The number of rotatable bonds is 6. The molecule has 1 aliphatic heterocycles. The molecule has 7 heteroatoms. The fourth-order valence-electron chi connectivity index (χ4n) is 2.83. The van der Waals surface area contributed by atoms with Gasteiger partial charge in [0.2, 0.25) is 5.91 Å². The predicted molar refractivity (Wildman–Crippen MR) is 97.6 cm³/mol. The number of carbonyl (C=O) groups excluding carboxylic acids is 3. The van der Waals surface area contributed by atoms with Crippen molar-refractivity contribution in [2.24, 2.45) is 0 Å². The van der Waals surface area contributed by atoms with Crippen molar-refractivity contribution in [2.45, 2.75) is 38.6 Å². The summed E-state index contributed by atoms with van der Waals surface area (Å²) in [5, 5.41) is 5.31. The minimum Gasteiger partial charge on any atom is -0.383 e. The number of carbonyl (C=O) groups is 3. The molecule has 0 bridgehead atoms. The van der Waals surface area contributed by atoms with Gasteiger partial charge in [-0.25, -0.2) is 4.79 Å². The molecule has 0 saturated carbocycles. The number of methoxy groups -OCH3 is 1. The van der Waals surface area contributed by atoms with E-state index in [0.717, 1.165) is 10.5 Å². The summed E-state index contributed by atoms with van der Waals surface area (Å²) in [5.74, 6) is -0.842. The molecule has 26 heavy (non-hydrogen) atoms. The summed E-state index contributed by atoms with van der Waals surface area (Å²) in [5.41, 5.74) is 0.636. The van der Waals surface area contributed by atoms with Crippen LogP contribution in [0, 0.1) is 0 Å². The van der Waals surface area contributed by atoms with Crippen molar-refractivity contribution >= 4 is 17.8 Å². The van der Waals surface area contributed by atoms with E-state index >= 15 is 0 Å². The van der Waals surface area contributed by atoms with Crippen LogP contribution in [-0.2, 0) is 25.3 Å². The lowest BCUT2D eigenvalue weighted by Crippen LogP contribution is -2.43. The molecule has 7 nitrogen and oxygen atoms in total. The first-order valence-corrected chi connectivity index (χ1v) is 8.60. The number of ether oxygens (including phenoxy) is 1. The molecule has 4 amide bonds. The molecule has 0 aliphatic carbocycles. The molecular weight excluding hydrogens is 334 g/mol. The van der Waals surface area contributed by atoms with Crippen LogP contribution in [0.4, 0.5) is 4.79 Å². The molecule has 1 aromatic rings. The van der Waals surface area contributed by atoms with E-state index in [9.17, 15) is 14.4 Å². The minimum atomic E-state index is -1.18. The van der Waals surface area contributed by atoms with Gasteiger partial charge < -0.3 is 15.4 Å². The zero-order chi connectivity index (χ0) is 19.5. The molecule has 0 aromatic heterocycles. The molecule has 1 fully saturated rings. The van der Waals surface area contributed by atoms with E-state index < -0.39 is 23.4 Å². The summed E-state index contributed by atoms with van der Waals surface area (Å²) in [6.45, 7) is 8.35. The summed E-state index contributed by atoms with van der Waals surface area (Å²) in [4.78, 5) is 37.9. The van der Waals surface area contributed by atoms with Crippen LogP contribution in [0.2, 0.25) is 0 Å².